The normalized spacial score (nSPS) is 12.5. The summed E-state index contributed by atoms with van der Waals surface area (Å²) >= 11 is 1.55. The van der Waals surface area contributed by atoms with E-state index in [0.717, 1.165) is 5.75 Å². The zero-order chi connectivity index (χ0) is 37.0. The average molecular weight is 722 g/mol. The van der Waals surface area contributed by atoms with Crippen LogP contribution in [0.5, 0.6) is 0 Å². The molecule has 0 aromatic rings. The van der Waals surface area contributed by atoms with E-state index >= 15 is 0 Å². The molecule has 0 saturated heterocycles. The van der Waals surface area contributed by atoms with Crippen LogP contribution in [0.25, 0.3) is 0 Å². The molecule has 3 unspecified atom stereocenters. The first-order chi connectivity index (χ1) is 23.3. The van der Waals surface area contributed by atoms with Crippen molar-refractivity contribution in [3.63, 3.8) is 0 Å². The fraction of sp³-hybridized carbons (Fsp3) is 0.733. The quantitative estimate of drug-likeness (QED) is 0.0424. The van der Waals surface area contributed by atoms with Gasteiger partial charge in [-0.3, -0.25) is 24.0 Å². The van der Waals surface area contributed by atoms with Gasteiger partial charge in [-0.1, -0.05) is 6.92 Å². The van der Waals surface area contributed by atoms with Crippen LogP contribution >= 0.6 is 11.8 Å². The van der Waals surface area contributed by atoms with Gasteiger partial charge in [0.15, 0.2) is 0 Å². The van der Waals surface area contributed by atoms with Crippen molar-refractivity contribution in [3.05, 3.63) is 0 Å². The van der Waals surface area contributed by atoms with Gasteiger partial charge in [0, 0.05) is 38.8 Å². The molecule has 19 heteroatoms. The van der Waals surface area contributed by atoms with E-state index in [1.807, 2.05) is 6.26 Å². The third kappa shape index (κ3) is 24.8. The minimum Gasteiger partial charge on any atom is -0.480 e. The van der Waals surface area contributed by atoms with E-state index in [4.69, 9.17) is 9.47 Å². The summed E-state index contributed by atoms with van der Waals surface area (Å²) in [4.78, 5) is 94.0. The second kappa shape index (κ2) is 27.9. The number of carboxylic acids is 3. The molecule has 3 atom stereocenters. The fourth-order valence-electron chi connectivity index (χ4n) is 4.03. The van der Waals surface area contributed by atoms with Gasteiger partial charge < -0.3 is 51.4 Å². The Hall–Kier alpha value is -3.97. The van der Waals surface area contributed by atoms with E-state index in [9.17, 15) is 53.7 Å². The van der Waals surface area contributed by atoms with E-state index in [-0.39, 0.29) is 77.4 Å². The molecular weight excluding hydrogens is 670 g/mol. The smallest absolute Gasteiger partial charge is 0.326 e. The van der Waals surface area contributed by atoms with Gasteiger partial charge in [-0.25, -0.2) is 14.4 Å². The number of aliphatic carboxylic acids is 3. The number of rotatable bonds is 30. The van der Waals surface area contributed by atoms with Crippen molar-refractivity contribution in [3.8, 4) is 0 Å². The van der Waals surface area contributed by atoms with Gasteiger partial charge >= 0.3 is 17.9 Å². The summed E-state index contributed by atoms with van der Waals surface area (Å²) in [5.74, 6) is -5.53. The lowest BCUT2D eigenvalue weighted by molar-refractivity contribution is -0.143. The van der Waals surface area contributed by atoms with Gasteiger partial charge in [0.05, 0.1) is 19.8 Å². The van der Waals surface area contributed by atoms with Crippen LogP contribution < -0.4 is 26.6 Å². The van der Waals surface area contributed by atoms with Crippen LogP contribution in [0.2, 0.25) is 0 Å². The number of carbonyl (C=O) groups is 8. The van der Waals surface area contributed by atoms with Crippen molar-refractivity contribution < 1.29 is 63.1 Å². The molecule has 0 bridgehead atoms. The van der Waals surface area contributed by atoms with Gasteiger partial charge in [-0.15, -0.1) is 0 Å². The third-order valence-electron chi connectivity index (χ3n) is 6.71. The van der Waals surface area contributed by atoms with Crippen LogP contribution in [0, 0.1) is 0 Å². The van der Waals surface area contributed by atoms with Crippen molar-refractivity contribution in [1.29, 1.82) is 0 Å². The number of carbonyl (C=O) groups excluding carboxylic acids is 5. The predicted octanol–water partition coefficient (Wildman–Crippen LogP) is -0.756. The summed E-state index contributed by atoms with van der Waals surface area (Å²) in [5, 5.41) is 40.3. The highest BCUT2D eigenvalue weighted by atomic mass is 32.2. The highest BCUT2D eigenvalue weighted by Crippen LogP contribution is 2.05. The summed E-state index contributed by atoms with van der Waals surface area (Å²) in [6, 6.07) is -3.78. The molecule has 0 rings (SSSR count). The number of carboxylic acid groups (broad SMARTS) is 3. The lowest BCUT2D eigenvalue weighted by atomic mass is 10.1. The molecule has 49 heavy (non-hydrogen) atoms. The first kappa shape index (κ1) is 45.0. The van der Waals surface area contributed by atoms with Crippen LogP contribution in [0.3, 0.4) is 0 Å². The molecule has 280 valence electrons. The number of nitrogens with one attached hydrogen (secondary N) is 5. The molecule has 0 aromatic carbocycles. The van der Waals surface area contributed by atoms with Crippen molar-refractivity contribution in [2.45, 2.75) is 89.3 Å². The maximum Gasteiger partial charge on any atom is 0.326 e. The molecule has 0 aliphatic carbocycles. The number of thioether (sulfide) groups is 1. The van der Waals surface area contributed by atoms with Crippen LogP contribution in [-0.2, 0) is 47.8 Å². The van der Waals surface area contributed by atoms with Crippen LogP contribution in [0.1, 0.15) is 71.1 Å². The zero-order valence-corrected chi connectivity index (χ0v) is 28.9. The summed E-state index contributed by atoms with van der Waals surface area (Å²) in [6.45, 7) is 2.04. The van der Waals surface area contributed by atoms with Gasteiger partial charge in [0.25, 0.3) is 0 Å². The van der Waals surface area contributed by atoms with Crippen LogP contribution in [0.4, 0.5) is 0 Å². The van der Waals surface area contributed by atoms with Crippen LogP contribution in [-0.4, -0.2) is 132 Å². The second-order valence-electron chi connectivity index (χ2n) is 10.8. The van der Waals surface area contributed by atoms with E-state index in [2.05, 4.69) is 26.6 Å². The Labute approximate surface area is 289 Å². The van der Waals surface area contributed by atoms with E-state index in [1.54, 1.807) is 18.7 Å². The molecule has 0 saturated carbocycles. The molecule has 0 aliphatic heterocycles. The Morgan fingerprint density at radius 2 is 1.08 bits per heavy atom. The molecule has 8 N–H and O–H groups in total. The second-order valence-corrected chi connectivity index (χ2v) is 11.7. The number of hydrogen-bond acceptors (Lipinski definition) is 11. The number of hydrogen-bond donors (Lipinski definition) is 8. The largest absolute Gasteiger partial charge is 0.480 e. The number of unbranched alkanes of at least 4 members (excludes halogenated alkanes) is 1. The zero-order valence-electron chi connectivity index (χ0n) is 28.1. The number of amides is 5. The fourth-order valence-corrected chi connectivity index (χ4v) is 4.46. The summed E-state index contributed by atoms with van der Waals surface area (Å²) in [7, 11) is 0. The Kier molecular flexibility index (Phi) is 25.7. The highest BCUT2D eigenvalue weighted by molar-refractivity contribution is 7.98. The molecule has 0 aromatic heterocycles. The maximum atomic E-state index is 12.3. The molecular formula is C30H51N5O13S. The Bertz CT molecular complexity index is 1080. The van der Waals surface area contributed by atoms with E-state index in [0.29, 0.717) is 32.2 Å². The topological polar surface area (TPSA) is 276 Å². The molecule has 5 amide bonds. The summed E-state index contributed by atoms with van der Waals surface area (Å²) < 4.78 is 10.5. The molecule has 0 heterocycles. The molecule has 0 fully saturated rings. The lowest BCUT2D eigenvalue weighted by Crippen LogP contribution is -2.44. The highest BCUT2D eigenvalue weighted by Gasteiger charge is 2.24. The first-order valence-electron chi connectivity index (χ1n) is 16.0. The monoisotopic (exact) mass is 721 g/mol. The number of ether oxygens (including phenoxy) is 2. The molecule has 0 aliphatic rings. The summed E-state index contributed by atoms with van der Waals surface area (Å²) in [6.07, 6.45) is 3.16. The molecule has 0 radical (unpaired) electrons. The standard InChI is InChI=1S/C30H51N5O13S/c1-3-23(36)31-13-5-4-7-20(28(41)42)35-27(40)19-48-17-16-47-15-14-32-24(37)11-9-21(29(43)44)34-26(39)12-10-22(30(45)46)33-25(38)8-6-18-49-2/h20-22H,3-19H2,1-2H3,(H,31,36)(H,32,37)(H,33,38)(H,34,39)(H,35,40)(H,41,42)(H,43,44)(H,45,46). The predicted molar refractivity (Wildman–Crippen MR) is 177 cm³/mol. The molecule has 0 spiro atoms. The van der Waals surface area contributed by atoms with Gasteiger partial charge in [-0.2, -0.15) is 11.8 Å². The third-order valence-corrected chi connectivity index (χ3v) is 7.41. The van der Waals surface area contributed by atoms with E-state index < -0.39 is 59.7 Å². The van der Waals surface area contributed by atoms with Crippen molar-refractivity contribution in [2.75, 3.05) is 51.5 Å². The van der Waals surface area contributed by atoms with Crippen LogP contribution in [0.15, 0.2) is 0 Å². The minimum absolute atomic E-state index is 0.0218. The minimum atomic E-state index is -1.39. The SMILES string of the molecule is CCC(=O)NCCCCC(NC(=O)COCCOCCNC(=O)CCC(NC(=O)CCC(NC(=O)CCCSC)C(=O)O)C(=O)O)C(=O)O. The Balaban J connectivity index is 4.20. The Morgan fingerprint density at radius 1 is 0.571 bits per heavy atom. The average Bonchev–Trinajstić information content (AvgIpc) is 3.04. The van der Waals surface area contributed by atoms with Crippen molar-refractivity contribution in [1.82, 2.24) is 26.6 Å². The maximum absolute atomic E-state index is 12.3. The lowest BCUT2D eigenvalue weighted by Gasteiger charge is -2.17. The van der Waals surface area contributed by atoms with Crippen molar-refractivity contribution in [2.24, 2.45) is 0 Å². The van der Waals surface area contributed by atoms with Gasteiger partial charge in [0.1, 0.15) is 24.7 Å². The Morgan fingerprint density at radius 3 is 1.65 bits per heavy atom. The van der Waals surface area contributed by atoms with E-state index in [1.165, 1.54) is 0 Å². The summed E-state index contributed by atoms with van der Waals surface area (Å²) in [5.41, 5.74) is 0. The molecule has 18 nitrogen and oxygen atoms in total. The van der Waals surface area contributed by atoms with Gasteiger partial charge in [-0.05, 0) is 50.5 Å². The first-order valence-corrected chi connectivity index (χ1v) is 17.4. The van der Waals surface area contributed by atoms with Crippen molar-refractivity contribution >= 4 is 59.2 Å². The van der Waals surface area contributed by atoms with Gasteiger partial charge in [0.2, 0.25) is 29.5 Å².